The van der Waals surface area contributed by atoms with Crippen molar-refractivity contribution in [1.29, 1.82) is 0 Å². The molecular formula is C15H25N5O3. The molecule has 0 aromatic carbocycles. The van der Waals surface area contributed by atoms with E-state index in [2.05, 4.69) is 20.4 Å². The zero-order valence-electron chi connectivity index (χ0n) is 13.7. The van der Waals surface area contributed by atoms with E-state index in [-0.39, 0.29) is 29.8 Å². The molecule has 0 spiro atoms. The number of carbonyl (C=O) groups is 1. The average molecular weight is 323 g/mol. The molecule has 0 saturated carbocycles. The van der Waals surface area contributed by atoms with Crippen LogP contribution in [0.15, 0.2) is 4.79 Å². The molecule has 8 heteroatoms. The number of H-pyrrole nitrogens is 1. The van der Waals surface area contributed by atoms with Crippen molar-refractivity contribution >= 4 is 5.91 Å². The first kappa shape index (κ1) is 16.2. The quantitative estimate of drug-likeness (QED) is 0.782. The van der Waals surface area contributed by atoms with E-state index in [4.69, 9.17) is 4.74 Å². The van der Waals surface area contributed by atoms with Crippen LogP contribution in [0.4, 0.5) is 0 Å². The van der Waals surface area contributed by atoms with Crippen molar-refractivity contribution in [1.82, 2.24) is 25.0 Å². The number of hydrogen-bond donors (Lipinski definition) is 2. The van der Waals surface area contributed by atoms with Crippen LogP contribution in [0.1, 0.15) is 32.5 Å². The summed E-state index contributed by atoms with van der Waals surface area (Å²) in [6.07, 6.45) is 2.59. The van der Waals surface area contributed by atoms with Gasteiger partial charge in [0.15, 0.2) is 0 Å². The fourth-order valence-corrected chi connectivity index (χ4v) is 3.54. The minimum Gasteiger partial charge on any atom is -0.373 e. The predicted octanol–water partition coefficient (Wildman–Crippen LogP) is -0.498. The molecule has 0 bridgehead atoms. The summed E-state index contributed by atoms with van der Waals surface area (Å²) in [6.45, 7) is 6.64. The highest BCUT2D eigenvalue weighted by Crippen LogP contribution is 2.12. The van der Waals surface area contributed by atoms with E-state index in [0.717, 1.165) is 31.8 Å². The average Bonchev–Trinajstić information content (AvgIpc) is 2.69. The van der Waals surface area contributed by atoms with Crippen LogP contribution in [0.25, 0.3) is 0 Å². The van der Waals surface area contributed by atoms with Crippen LogP contribution in [-0.2, 0) is 22.5 Å². The van der Waals surface area contributed by atoms with Gasteiger partial charge in [0, 0.05) is 32.1 Å². The molecule has 3 heterocycles. The summed E-state index contributed by atoms with van der Waals surface area (Å²) in [6, 6.07) is 0.0967. The summed E-state index contributed by atoms with van der Waals surface area (Å²) < 4.78 is 7.35. The molecule has 1 fully saturated rings. The number of rotatable bonds is 3. The molecule has 2 aliphatic rings. The van der Waals surface area contributed by atoms with Crippen molar-refractivity contribution in [3.8, 4) is 0 Å². The van der Waals surface area contributed by atoms with Gasteiger partial charge in [-0.1, -0.05) is 0 Å². The SMILES string of the molecule is C[C@@H]1CN(CC(=O)NC2CCc3n[nH]c(=O)n3CC2)C[C@H](C)O1. The van der Waals surface area contributed by atoms with Crippen molar-refractivity contribution in [3.63, 3.8) is 0 Å². The van der Waals surface area contributed by atoms with Gasteiger partial charge in [-0.25, -0.2) is 9.89 Å². The van der Waals surface area contributed by atoms with Crippen LogP contribution < -0.4 is 11.0 Å². The fourth-order valence-electron chi connectivity index (χ4n) is 3.54. The highest BCUT2D eigenvalue weighted by molar-refractivity contribution is 5.78. The van der Waals surface area contributed by atoms with Gasteiger partial charge in [0.05, 0.1) is 18.8 Å². The highest BCUT2D eigenvalue weighted by Gasteiger charge is 2.25. The lowest BCUT2D eigenvalue weighted by Gasteiger charge is -2.35. The van der Waals surface area contributed by atoms with E-state index in [1.807, 2.05) is 13.8 Å². The number of amides is 1. The minimum atomic E-state index is -0.164. The van der Waals surface area contributed by atoms with Gasteiger partial charge in [-0.3, -0.25) is 14.3 Å². The number of aromatic amines is 1. The number of ether oxygens (including phenoxy) is 1. The van der Waals surface area contributed by atoms with E-state index < -0.39 is 0 Å². The Morgan fingerprint density at radius 1 is 1.35 bits per heavy atom. The van der Waals surface area contributed by atoms with Gasteiger partial charge in [-0.15, -0.1) is 0 Å². The normalized spacial score (nSPS) is 28.9. The van der Waals surface area contributed by atoms with Crippen LogP contribution >= 0.6 is 0 Å². The number of nitrogens with zero attached hydrogens (tertiary/aromatic N) is 3. The smallest absolute Gasteiger partial charge is 0.343 e. The third-order valence-electron chi connectivity index (χ3n) is 4.48. The van der Waals surface area contributed by atoms with Gasteiger partial charge >= 0.3 is 5.69 Å². The Labute approximate surface area is 135 Å². The van der Waals surface area contributed by atoms with Gasteiger partial charge in [0.25, 0.3) is 0 Å². The molecule has 1 unspecified atom stereocenters. The Balaban J connectivity index is 1.50. The van der Waals surface area contributed by atoms with Crippen LogP contribution in [0.2, 0.25) is 0 Å². The lowest BCUT2D eigenvalue weighted by Crippen LogP contribution is -2.50. The van der Waals surface area contributed by atoms with Crippen molar-refractivity contribution in [3.05, 3.63) is 16.3 Å². The molecule has 0 radical (unpaired) electrons. The molecule has 1 aromatic heterocycles. The Hall–Kier alpha value is -1.67. The van der Waals surface area contributed by atoms with Gasteiger partial charge in [0.1, 0.15) is 5.82 Å². The van der Waals surface area contributed by atoms with Gasteiger partial charge < -0.3 is 10.1 Å². The third-order valence-corrected chi connectivity index (χ3v) is 4.48. The van der Waals surface area contributed by atoms with Crippen molar-refractivity contribution in [2.45, 2.75) is 57.9 Å². The van der Waals surface area contributed by atoms with Crippen molar-refractivity contribution < 1.29 is 9.53 Å². The Morgan fingerprint density at radius 2 is 2.09 bits per heavy atom. The number of hydrogen-bond acceptors (Lipinski definition) is 5. The maximum atomic E-state index is 12.3. The molecule has 128 valence electrons. The van der Waals surface area contributed by atoms with Crippen molar-refractivity contribution in [2.75, 3.05) is 19.6 Å². The largest absolute Gasteiger partial charge is 0.373 e. The molecule has 2 N–H and O–H groups in total. The second kappa shape index (κ2) is 6.84. The number of aromatic nitrogens is 3. The molecule has 3 rings (SSSR count). The summed E-state index contributed by atoms with van der Waals surface area (Å²) in [5.41, 5.74) is -0.164. The topological polar surface area (TPSA) is 92.3 Å². The zero-order valence-corrected chi connectivity index (χ0v) is 13.7. The number of aryl methyl sites for hydroxylation is 1. The number of fused-ring (bicyclic) bond motifs is 1. The molecule has 2 aliphatic heterocycles. The van der Waals surface area contributed by atoms with Crippen LogP contribution in [0.3, 0.4) is 0 Å². The molecule has 0 aliphatic carbocycles. The van der Waals surface area contributed by atoms with Gasteiger partial charge in [0.2, 0.25) is 5.91 Å². The summed E-state index contributed by atoms with van der Waals surface area (Å²) >= 11 is 0. The summed E-state index contributed by atoms with van der Waals surface area (Å²) in [7, 11) is 0. The Kier molecular flexibility index (Phi) is 4.82. The van der Waals surface area contributed by atoms with Gasteiger partial charge in [-0.05, 0) is 26.7 Å². The van der Waals surface area contributed by atoms with E-state index in [9.17, 15) is 9.59 Å². The maximum absolute atomic E-state index is 12.3. The molecular weight excluding hydrogens is 298 g/mol. The monoisotopic (exact) mass is 323 g/mol. The summed E-state index contributed by atoms with van der Waals surface area (Å²) in [5, 5.41) is 9.61. The first-order valence-electron chi connectivity index (χ1n) is 8.32. The maximum Gasteiger partial charge on any atom is 0.343 e. The number of carbonyl (C=O) groups excluding carboxylic acids is 1. The van der Waals surface area contributed by atoms with E-state index in [1.54, 1.807) is 4.57 Å². The number of morpholine rings is 1. The number of nitrogens with one attached hydrogen (secondary N) is 2. The lowest BCUT2D eigenvalue weighted by atomic mass is 10.1. The van der Waals surface area contributed by atoms with Crippen LogP contribution in [-0.4, -0.2) is 63.5 Å². The molecule has 1 amide bonds. The van der Waals surface area contributed by atoms with Crippen molar-refractivity contribution in [2.24, 2.45) is 0 Å². The fraction of sp³-hybridized carbons (Fsp3) is 0.800. The van der Waals surface area contributed by atoms with Crippen LogP contribution in [0, 0.1) is 0 Å². The Morgan fingerprint density at radius 3 is 2.83 bits per heavy atom. The van der Waals surface area contributed by atoms with Gasteiger partial charge in [-0.2, -0.15) is 5.10 Å². The first-order valence-corrected chi connectivity index (χ1v) is 8.32. The lowest BCUT2D eigenvalue weighted by molar-refractivity contribution is -0.126. The van der Waals surface area contributed by atoms with Crippen LogP contribution in [0.5, 0.6) is 0 Å². The van der Waals surface area contributed by atoms with E-state index >= 15 is 0 Å². The highest BCUT2D eigenvalue weighted by atomic mass is 16.5. The Bertz CT molecular complexity index is 600. The van der Waals surface area contributed by atoms with E-state index in [1.165, 1.54) is 0 Å². The second-order valence-corrected chi connectivity index (χ2v) is 6.64. The standard InChI is InChI=1S/C15H25N5O3/c1-10-7-19(8-11(2)23-10)9-14(21)16-12-3-4-13-17-18-15(22)20(13)6-5-12/h10-12H,3-9H2,1-2H3,(H,16,21)(H,18,22)/t10-,11+,12?. The molecule has 1 aromatic rings. The predicted molar refractivity (Wildman–Crippen MR) is 84.2 cm³/mol. The second-order valence-electron chi connectivity index (χ2n) is 6.64. The molecule has 3 atom stereocenters. The summed E-state index contributed by atoms with van der Waals surface area (Å²) in [5.74, 6) is 0.826. The zero-order chi connectivity index (χ0) is 16.4. The molecule has 1 saturated heterocycles. The third kappa shape index (κ3) is 4.00. The minimum absolute atomic E-state index is 0.0461. The molecule has 23 heavy (non-hydrogen) atoms. The van der Waals surface area contributed by atoms with E-state index in [0.29, 0.717) is 19.5 Å². The molecule has 8 nitrogen and oxygen atoms in total. The summed E-state index contributed by atoms with van der Waals surface area (Å²) in [4.78, 5) is 26.0. The first-order chi connectivity index (χ1) is 11.0.